The van der Waals surface area contributed by atoms with Gasteiger partial charge in [0.05, 0.1) is 29.3 Å². The number of benzene rings is 3. The van der Waals surface area contributed by atoms with Crippen molar-refractivity contribution in [3.05, 3.63) is 103 Å². The first-order valence-electron chi connectivity index (χ1n) is 12.7. The summed E-state index contributed by atoms with van der Waals surface area (Å²) < 4.78 is 8.51. The number of anilines is 1. The third kappa shape index (κ3) is 4.22. The Hall–Kier alpha value is -4.76. The van der Waals surface area contributed by atoms with Crippen LogP contribution >= 0.6 is 0 Å². The van der Waals surface area contributed by atoms with Gasteiger partial charge in [0.25, 0.3) is 0 Å². The van der Waals surface area contributed by atoms with Gasteiger partial charge in [-0.15, -0.1) is 0 Å². The van der Waals surface area contributed by atoms with Gasteiger partial charge in [0.1, 0.15) is 17.3 Å². The highest BCUT2D eigenvalue weighted by Crippen LogP contribution is 2.36. The normalized spacial score (nSPS) is 13.4. The highest BCUT2D eigenvalue weighted by molar-refractivity contribution is 6.09. The number of ether oxygens (including phenoxy) is 1. The number of pyridine rings is 1. The number of nitrogens with zero attached hydrogens (tertiary/aromatic N) is 5. The van der Waals surface area contributed by atoms with Crippen molar-refractivity contribution in [1.82, 2.24) is 14.5 Å². The minimum Gasteiger partial charge on any atom is -0.457 e. The van der Waals surface area contributed by atoms with Gasteiger partial charge in [-0.25, -0.2) is 4.98 Å². The molecule has 0 saturated heterocycles. The van der Waals surface area contributed by atoms with Crippen LogP contribution in [-0.2, 0) is 5.41 Å². The van der Waals surface area contributed by atoms with Crippen molar-refractivity contribution in [3.8, 4) is 23.4 Å². The van der Waals surface area contributed by atoms with Gasteiger partial charge in [0.15, 0.2) is 0 Å². The molecule has 0 spiro atoms. The van der Waals surface area contributed by atoms with Crippen molar-refractivity contribution in [3.63, 3.8) is 0 Å². The van der Waals surface area contributed by atoms with Crippen molar-refractivity contribution in [2.24, 2.45) is 0 Å². The second kappa shape index (κ2) is 8.97. The Morgan fingerprint density at radius 2 is 1.63 bits per heavy atom. The lowest BCUT2D eigenvalue weighted by atomic mass is 9.88. The molecule has 3 heterocycles. The molecule has 0 radical (unpaired) electrons. The maximum absolute atomic E-state index is 9.60. The van der Waals surface area contributed by atoms with Crippen molar-refractivity contribution in [2.45, 2.75) is 26.2 Å². The standard InChI is InChI=1S/C32H29N5O/c1-32(2,3)23-12-13-34-31(17-23)37-29-16-22(20-33)8-10-27(29)28-11-9-26(19-30(28)37)38-25-7-5-6-24(18-25)36-15-14-35(4)21-36/h5-19H,21H2,1-4H3. The predicted molar refractivity (Wildman–Crippen MR) is 153 cm³/mol. The monoisotopic (exact) mass is 499 g/mol. The Balaban J connectivity index is 1.48. The molecule has 0 fully saturated rings. The van der Waals surface area contributed by atoms with E-state index in [-0.39, 0.29) is 5.41 Å². The highest BCUT2D eigenvalue weighted by atomic mass is 16.5. The number of fused-ring (bicyclic) bond motifs is 3. The second-order valence-corrected chi connectivity index (χ2v) is 10.8. The maximum atomic E-state index is 9.60. The Morgan fingerprint density at radius 3 is 2.37 bits per heavy atom. The summed E-state index contributed by atoms with van der Waals surface area (Å²) in [6.07, 6.45) is 5.98. The van der Waals surface area contributed by atoms with E-state index in [0.717, 1.165) is 51.5 Å². The predicted octanol–water partition coefficient (Wildman–Crippen LogP) is 7.32. The molecule has 5 aromatic rings. The largest absolute Gasteiger partial charge is 0.457 e. The first kappa shape index (κ1) is 23.6. The van der Waals surface area contributed by atoms with E-state index in [1.54, 1.807) is 0 Å². The molecular formula is C32H29N5O. The lowest BCUT2D eigenvalue weighted by Gasteiger charge is -2.20. The first-order chi connectivity index (χ1) is 18.3. The van der Waals surface area contributed by atoms with Gasteiger partial charge in [-0.2, -0.15) is 5.26 Å². The average molecular weight is 500 g/mol. The molecule has 0 aliphatic carbocycles. The third-order valence-corrected chi connectivity index (χ3v) is 6.97. The van der Waals surface area contributed by atoms with Gasteiger partial charge < -0.3 is 14.5 Å². The van der Waals surface area contributed by atoms with E-state index in [0.29, 0.717) is 5.56 Å². The van der Waals surface area contributed by atoms with Gasteiger partial charge in [0.2, 0.25) is 0 Å². The Kier molecular flexibility index (Phi) is 5.57. The number of aromatic nitrogens is 2. The molecule has 6 heteroatoms. The van der Waals surface area contributed by atoms with Crippen LogP contribution in [0.5, 0.6) is 11.5 Å². The quantitative estimate of drug-likeness (QED) is 0.259. The van der Waals surface area contributed by atoms with Crippen LogP contribution < -0.4 is 9.64 Å². The molecule has 2 aromatic heterocycles. The van der Waals surface area contributed by atoms with Crippen LogP contribution in [0.1, 0.15) is 31.9 Å². The molecule has 38 heavy (non-hydrogen) atoms. The lowest BCUT2D eigenvalue weighted by Crippen LogP contribution is -2.21. The van der Waals surface area contributed by atoms with Crippen molar-refractivity contribution >= 4 is 27.5 Å². The summed E-state index contributed by atoms with van der Waals surface area (Å²) in [4.78, 5) is 9.05. The Bertz CT molecular complexity index is 1750. The average Bonchev–Trinajstić information content (AvgIpc) is 3.48. The summed E-state index contributed by atoms with van der Waals surface area (Å²) in [5.41, 5.74) is 4.79. The topological polar surface area (TPSA) is 57.3 Å². The molecule has 0 saturated carbocycles. The fraction of sp³-hybridized carbons (Fsp3) is 0.188. The fourth-order valence-corrected chi connectivity index (χ4v) is 4.94. The smallest absolute Gasteiger partial charge is 0.137 e. The van der Waals surface area contributed by atoms with Crippen LogP contribution in [0.2, 0.25) is 0 Å². The molecule has 188 valence electrons. The Morgan fingerprint density at radius 1 is 0.868 bits per heavy atom. The SMILES string of the molecule is CN1C=CN(c2cccc(Oc3ccc4c5ccc(C#N)cc5n(-c5cc(C(C)(C)C)ccn5)c4c3)c2)C1. The van der Waals surface area contributed by atoms with Crippen LogP contribution in [0.4, 0.5) is 5.69 Å². The summed E-state index contributed by atoms with van der Waals surface area (Å²) in [5, 5.41) is 11.8. The second-order valence-electron chi connectivity index (χ2n) is 10.8. The number of rotatable bonds is 4. The van der Waals surface area contributed by atoms with E-state index < -0.39 is 0 Å². The van der Waals surface area contributed by atoms with Crippen molar-refractivity contribution < 1.29 is 4.74 Å². The summed E-state index contributed by atoms with van der Waals surface area (Å²) in [7, 11) is 2.05. The molecule has 0 bridgehead atoms. The lowest BCUT2D eigenvalue weighted by molar-refractivity contribution is 0.481. The molecule has 1 aliphatic heterocycles. The number of hydrogen-bond acceptors (Lipinski definition) is 5. The molecule has 0 atom stereocenters. The molecule has 1 aliphatic rings. The zero-order chi connectivity index (χ0) is 26.4. The van der Waals surface area contributed by atoms with Gasteiger partial charge in [-0.1, -0.05) is 32.9 Å². The fourth-order valence-electron chi connectivity index (χ4n) is 4.94. The van der Waals surface area contributed by atoms with Crippen LogP contribution in [-0.4, -0.2) is 28.2 Å². The van der Waals surface area contributed by atoms with Crippen LogP contribution in [0.3, 0.4) is 0 Å². The molecule has 6 rings (SSSR count). The molecular weight excluding hydrogens is 470 g/mol. The van der Waals surface area contributed by atoms with E-state index in [2.05, 4.69) is 97.1 Å². The highest BCUT2D eigenvalue weighted by Gasteiger charge is 2.19. The van der Waals surface area contributed by atoms with Crippen LogP contribution in [0, 0.1) is 11.3 Å². The summed E-state index contributed by atoms with van der Waals surface area (Å²) >= 11 is 0. The molecule has 6 nitrogen and oxygen atoms in total. The summed E-state index contributed by atoms with van der Waals surface area (Å²) in [6, 6.07) is 26.6. The third-order valence-electron chi connectivity index (χ3n) is 6.97. The van der Waals surface area contributed by atoms with E-state index >= 15 is 0 Å². The Labute approximate surface area is 222 Å². The first-order valence-corrected chi connectivity index (χ1v) is 12.7. The molecule has 0 amide bonds. The van der Waals surface area contributed by atoms with Gasteiger partial charge in [0, 0.05) is 54.2 Å². The summed E-state index contributed by atoms with van der Waals surface area (Å²) in [5.74, 6) is 2.32. The molecule has 3 aromatic carbocycles. The molecule has 0 unspecified atom stereocenters. The minimum absolute atomic E-state index is 0.0209. The van der Waals surface area contributed by atoms with Crippen LogP contribution in [0.15, 0.2) is 91.4 Å². The zero-order valence-corrected chi connectivity index (χ0v) is 22.0. The van der Waals surface area contributed by atoms with Crippen LogP contribution in [0.25, 0.3) is 27.6 Å². The molecule has 0 N–H and O–H groups in total. The van der Waals surface area contributed by atoms with Gasteiger partial charge >= 0.3 is 0 Å². The number of nitriles is 1. The van der Waals surface area contributed by atoms with E-state index in [1.807, 2.05) is 42.6 Å². The van der Waals surface area contributed by atoms with Crippen molar-refractivity contribution in [2.75, 3.05) is 18.6 Å². The minimum atomic E-state index is -0.0209. The van der Waals surface area contributed by atoms with E-state index in [9.17, 15) is 5.26 Å². The van der Waals surface area contributed by atoms with E-state index in [1.165, 1.54) is 5.56 Å². The van der Waals surface area contributed by atoms with Gasteiger partial charge in [-0.05, 0) is 59.5 Å². The maximum Gasteiger partial charge on any atom is 0.137 e. The number of hydrogen-bond donors (Lipinski definition) is 0. The van der Waals surface area contributed by atoms with Gasteiger partial charge in [-0.3, -0.25) is 4.57 Å². The summed E-state index contributed by atoms with van der Waals surface area (Å²) in [6.45, 7) is 7.40. The van der Waals surface area contributed by atoms with Crippen molar-refractivity contribution in [1.29, 1.82) is 5.26 Å². The zero-order valence-electron chi connectivity index (χ0n) is 22.0. The van der Waals surface area contributed by atoms with E-state index in [4.69, 9.17) is 9.72 Å².